The van der Waals surface area contributed by atoms with Crippen LogP contribution in [0.15, 0.2) is 64.6 Å². The number of amides is 4. The predicted molar refractivity (Wildman–Crippen MR) is 118 cm³/mol. The number of urea groups is 1. The first-order chi connectivity index (χ1) is 15.8. The lowest BCUT2D eigenvalue weighted by molar-refractivity contribution is -0.384. The number of halogens is 1. The second-order valence-electron chi connectivity index (χ2n) is 6.78. The van der Waals surface area contributed by atoms with Gasteiger partial charge in [-0.15, -0.1) is 0 Å². The van der Waals surface area contributed by atoms with Gasteiger partial charge < -0.3 is 9.15 Å². The molecule has 0 saturated carbocycles. The first-order valence-corrected chi connectivity index (χ1v) is 9.76. The Labute approximate surface area is 191 Å². The van der Waals surface area contributed by atoms with E-state index in [0.29, 0.717) is 16.3 Å². The van der Waals surface area contributed by atoms with Gasteiger partial charge in [-0.2, -0.15) is 0 Å². The minimum atomic E-state index is -0.897. The highest BCUT2D eigenvalue weighted by molar-refractivity contribution is 6.39. The molecular weight excluding hydrogens is 454 g/mol. The fraction of sp³-hybridized carbons (Fsp3) is 0.0455. The molecule has 2 aromatic carbocycles. The van der Waals surface area contributed by atoms with Crippen molar-refractivity contribution in [1.82, 2.24) is 5.32 Å². The Kier molecular flexibility index (Phi) is 5.67. The fourth-order valence-electron chi connectivity index (χ4n) is 3.20. The van der Waals surface area contributed by atoms with Gasteiger partial charge in [-0.1, -0.05) is 11.6 Å². The number of non-ortho nitro benzene ring substituents is 1. The van der Waals surface area contributed by atoms with E-state index in [1.807, 2.05) is 0 Å². The molecule has 33 heavy (non-hydrogen) atoms. The van der Waals surface area contributed by atoms with Gasteiger partial charge in [0.15, 0.2) is 0 Å². The normalized spacial score (nSPS) is 15.0. The Hall–Kier alpha value is -4.44. The van der Waals surface area contributed by atoms with Crippen molar-refractivity contribution in [3.05, 3.63) is 81.1 Å². The van der Waals surface area contributed by atoms with Crippen LogP contribution < -0.4 is 15.0 Å². The molecule has 0 radical (unpaired) electrons. The van der Waals surface area contributed by atoms with Gasteiger partial charge in [-0.25, -0.2) is 9.69 Å². The summed E-state index contributed by atoms with van der Waals surface area (Å²) in [4.78, 5) is 48.9. The third-order valence-electron chi connectivity index (χ3n) is 4.76. The van der Waals surface area contributed by atoms with Gasteiger partial charge in [-0.3, -0.25) is 25.0 Å². The molecule has 0 atom stereocenters. The molecule has 4 rings (SSSR count). The molecule has 0 spiro atoms. The zero-order valence-corrected chi connectivity index (χ0v) is 17.7. The average Bonchev–Trinajstić information content (AvgIpc) is 3.26. The summed E-state index contributed by atoms with van der Waals surface area (Å²) in [5, 5.41) is 13.6. The maximum absolute atomic E-state index is 12.9. The summed E-state index contributed by atoms with van der Waals surface area (Å²) in [7, 11) is 1.41. The van der Waals surface area contributed by atoms with Gasteiger partial charge in [0.05, 0.1) is 23.3 Å². The van der Waals surface area contributed by atoms with E-state index >= 15 is 0 Å². The highest BCUT2D eigenvalue weighted by Crippen LogP contribution is 2.35. The second kappa shape index (κ2) is 8.60. The Morgan fingerprint density at radius 1 is 1.09 bits per heavy atom. The van der Waals surface area contributed by atoms with E-state index in [1.165, 1.54) is 67.8 Å². The van der Waals surface area contributed by atoms with Gasteiger partial charge in [0.2, 0.25) is 0 Å². The van der Waals surface area contributed by atoms with Gasteiger partial charge in [0.1, 0.15) is 22.8 Å². The number of hydrogen-bond donors (Lipinski definition) is 1. The number of ether oxygens (including phenoxy) is 1. The summed E-state index contributed by atoms with van der Waals surface area (Å²) in [6.07, 6.45) is 1.18. The van der Waals surface area contributed by atoms with Crippen molar-refractivity contribution < 1.29 is 28.5 Å². The lowest BCUT2D eigenvalue weighted by atomic mass is 10.1. The third kappa shape index (κ3) is 4.19. The third-order valence-corrected chi connectivity index (χ3v) is 5.01. The highest BCUT2D eigenvalue weighted by Gasteiger charge is 2.37. The first kappa shape index (κ1) is 21.8. The zero-order valence-electron chi connectivity index (χ0n) is 16.9. The van der Waals surface area contributed by atoms with Crippen LogP contribution >= 0.6 is 11.6 Å². The Morgan fingerprint density at radius 2 is 1.82 bits per heavy atom. The summed E-state index contributed by atoms with van der Waals surface area (Å²) < 4.78 is 10.9. The molecule has 0 aliphatic carbocycles. The molecule has 166 valence electrons. The van der Waals surface area contributed by atoms with Crippen LogP contribution in [0.2, 0.25) is 5.02 Å². The smallest absolute Gasteiger partial charge is 0.335 e. The number of rotatable bonds is 5. The van der Waals surface area contributed by atoms with Crippen molar-refractivity contribution in [3.8, 4) is 17.1 Å². The van der Waals surface area contributed by atoms with Crippen LogP contribution in [0, 0.1) is 10.1 Å². The van der Waals surface area contributed by atoms with Crippen molar-refractivity contribution >= 4 is 46.9 Å². The van der Waals surface area contributed by atoms with Crippen LogP contribution in [0.5, 0.6) is 5.75 Å². The van der Waals surface area contributed by atoms with E-state index in [2.05, 4.69) is 5.32 Å². The number of carbonyl (C=O) groups excluding carboxylic acids is 3. The summed E-state index contributed by atoms with van der Waals surface area (Å²) in [6, 6.07) is 12.0. The van der Waals surface area contributed by atoms with E-state index in [1.54, 1.807) is 0 Å². The molecule has 1 fully saturated rings. The van der Waals surface area contributed by atoms with Crippen LogP contribution in [-0.2, 0) is 9.59 Å². The number of nitro groups is 1. The van der Waals surface area contributed by atoms with Crippen molar-refractivity contribution in [2.75, 3.05) is 12.0 Å². The Morgan fingerprint density at radius 3 is 2.48 bits per heavy atom. The molecule has 1 saturated heterocycles. The number of imide groups is 2. The van der Waals surface area contributed by atoms with E-state index in [-0.39, 0.29) is 28.5 Å². The number of hydrogen-bond acceptors (Lipinski definition) is 7. The molecule has 0 bridgehead atoms. The number of methoxy groups -OCH3 is 1. The maximum Gasteiger partial charge on any atom is 0.335 e. The minimum Gasteiger partial charge on any atom is -0.496 e. The monoisotopic (exact) mass is 467 g/mol. The number of barbiturate groups is 1. The molecule has 1 aromatic heterocycles. The quantitative estimate of drug-likeness (QED) is 0.257. The van der Waals surface area contributed by atoms with Gasteiger partial charge in [0.25, 0.3) is 17.5 Å². The number of benzene rings is 2. The molecule has 1 aliphatic rings. The Bertz CT molecular complexity index is 1330. The van der Waals surface area contributed by atoms with E-state index in [4.69, 9.17) is 20.8 Å². The molecule has 0 unspecified atom stereocenters. The highest BCUT2D eigenvalue weighted by atomic mass is 35.5. The molecular formula is C22H14ClN3O7. The number of carbonyl (C=O) groups is 3. The summed E-state index contributed by atoms with van der Waals surface area (Å²) >= 11 is 5.86. The lowest BCUT2D eigenvalue weighted by Gasteiger charge is -2.26. The summed E-state index contributed by atoms with van der Waals surface area (Å²) in [5.41, 5.74) is 0.0352. The van der Waals surface area contributed by atoms with Crippen LogP contribution in [0.1, 0.15) is 5.76 Å². The SMILES string of the molecule is COc1ccc([N+](=O)[O-])cc1-c1ccc(C=C2C(=O)NC(=O)N(c3ccc(Cl)cc3)C2=O)o1. The van der Waals surface area contributed by atoms with Crippen molar-refractivity contribution in [1.29, 1.82) is 0 Å². The van der Waals surface area contributed by atoms with Crippen LogP contribution in [-0.4, -0.2) is 29.9 Å². The largest absolute Gasteiger partial charge is 0.496 e. The topological polar surface area (TPSA) is 132 Å². The van der Waals surface area contributed by atoms with Crippen LogP contribution in [0.25, 0.3) is 17.4 Å². The van der Waals surface area contributed by atoms with Crippen molar-refractivity contribution in [2.45, 2.75) is 0 Å². The molecule has 2 heterocycles. The first-order valence-electron chi connectivity index (χ1n) is 9.38. The summed E-state index contributed by atoms with van der Waals surface area (Å²) in [5.74, 6) is -1.07. The summed E-state index contributed by atoms with van der Waals surface area (Å²) in [6.45, 7) is 0. The number of nitrogens with zero attached hydrogens (tertiary/aromatic N) is 2. The lowest BCUT2D eigenvalue weighted by Crippen LogP contribution is -2.54. The number of furan rings is 1. The number of nitro benzene ring substituents is 1. The van der Waals surface area contributed by atoms with Gasteiger partial charge in [-0.05, 0) is 48.5 Å². The van der Waals surface area contributed by atoms with Gasteiger partial charge in [0, 0.05) is 17.2 Å². The van der Waals surface area contributed by atoms with Crippen molar-refractivity contribution in [2.24, 2.45) is 0 Å². The fourth-order valence-corrected chi connectivity index (χ4v) is 3.33. The average molecular weight is 468 g/mol. The second-order valence-corrected chi connectivity index (χ2v) is 7.21. The Balaban J connectivity index is 1.70. The van der Waals surface area contributed by atoms with E-state index in [0.717, 1.165) is 4.90 Å². The molecule has 4 amide bonds. The molecule has 10 nitrogen and oxygen atoms in total. The molecule has 3 aromatic rings. The standard InChI is InChI=1S/C22H14ClN3O7/c1-32-18-8-6-14(26(30)31)10-16(18)19-9-7-15(33-19)11-17-20(27)24-22(29)25(21(17)28)13-4-2-12(23)3-5-13/h2-11H,1H3,(H,24,27,29). The van der Waals surface area contributed by atoms with Crippen LogP contribution in [0.4, 0.5) is 16.2 Å². The molecule has 1 aliphatic heterocycles. The van der Waals surface area contributed by atoms with E-state index in [9.17, 15) is 24.5 Å². The van der Waals surface area contributed by atoms with Crippen LogP contribution in [0.3, 0.4) is 0 Å². The number of nitrogens with one attached hydrogen (secondary N) is 1. The van der Waals surface area contributed by atoms with E-state index < -0.39 is 22.8 Å². The minimum absolute atomic E-state index is 0.113. The molecule has 11 heteroatoms. The van der Waals surface area contributed by atoms with Gasteiger partial charge >= 0.3 is 6.03 Å². The predicted octanol–water partition coefficient (Wildman–Crippen LogP) is 4.18. The number of anilines is 1. The molecule has 1 N–H and O–H groups in total. The zero-order chi connectivity index (χ0) is 23.7. The van der Waals surface area contributed by atoms with Crippen molar-refractivity contribution in [3.63, 3.8) is 0 Å². The maximum atomic E-state index is 12.9.